The van der Waals surface area contributed by atoms with Crippen LogP contribution in [0.5, 0.6) is 0 Å². The molecule has 34 heavy (non-hydrogen) atoms. The van der Waals surface area contributed by atoms with Crippen LogP contribution in [-0.2, 0) is 17.9 Å². The molecule has 0 aliphatic rings. The van der Waals surface area contributed by atoms with Crippen LogP contribution in [-0.4, -0.2) is 25.4 Å². The molecule has 2 heterocycles. The summed E-state index contributed by atoms with van der Waals surface area (Å²) in [4.78, 5) is 24.9. The molecule has 1 N–H and O–H groups in total. The number of rotatable bonds is 5. The molecule has 2 aromatic heterocycles. The van der Waals surface area contributed by atoms with Gasteiger partial charge in [-0.3, -0.25) is 9.59 Å². The molecule has 6 nitrogen and oxygen atoms in total. The Balaban J connectivity index is 1.82. The second-order valence-electron chi connectivity index (χ2n) is 8.09. The largest absolute Gasteiger partial charge is 0.480 e. The summed E-state index contributed by atoms with van der Waals surface area (Å²) in [6, 6.07) is 19.9. The fourth-order valence-corrected chi connectivity index (χ4v) is 4.68. The van der Waals surface area contributed by atoms with Crippen LogP contribution in [0.25, 0.3) is 32.9 Å². The molecule has 8 heteroatoms. The third-order valence-corrected chi connectivity index (χ3v) is 6.42. The number of aliphatic carboxylic acids is 1. The van der Waals surface area contributed by atoms with E-state index >= 15 is 0 Å². The van der Waals surface area contributed by atoms with Crippen molar-refractivity contribution in [2.75, 3.05) is 0 Å². The van der Waals surface area contributed by atoms with Gasteiger partial charge < -0.3 is 9.67 Å². The summed E-state index contributed by atoms with van der Waals surface area (Å²) in [6.07, 6.45) is 0. The average Bonchev–Trinajstić information content (AvgIpc) is 3.07. The second-order valence-corrected chi connectivity index (χ2v) is 8.96. The van der Waals surface area contributed by atoms with Gasteiger partial charge in [0, 0.05) is 37.6 Å². The van der Waals surface area contributed by atoms with Crippen molar-refractivity contribution in [1.82, 2.24) is 14.3 Å². The smallest absolute Gasteiger partial charge is 0.323 e. The van der Waals surface area contributed by atoms with Crippen LogP contribution >= 0.6 is 23.2 Å². The van der Waals surface area contributed by atoms with Gasteiger partial charge in [0.05, 0.1) is 11.9 Å². The van der Waals surface area contributed by atoms with Crippen molar-refractivity contribution in [2.24, 2.45) is 0 Å². The summed E-state index contributed by atoms with van der Waals surface area (Å²) in [5, 5.41) is 17.4. The fourth-order valence-electron chi connectivity index (χ4n) is 4.38. The lowest BCUT2D eigenvalue weighted by Crippen LogP contribution is -2.24. The van der Waals surface area contributed by atoms with Crippen LogP contribution in [0.3, 0.4) is 0 Å². The minimum atomic E-state index is -0.952. The highest BCUT2D eigenvalue weighted by molar-refractivity contribution is 6.31. The molecule has 0 aliphatic heterocycles. The standard InChI is InChI=1S/C26H19Cl2N3O3/c1-15-24(21-12-18(28)10-11-22(21)30(15)14-23(32)33)25-19-4-2-3-5-20(19)26(34)31(29-25)13-16-6-8-17(27)9-7-16/h2-12H,13-14H2,1H3,(H,32,33). The molecule has 0 saturated carbocycles. The van der Waals surface area contributed by atoms with Crippen LogP contribution in [0.15, 0.2) is 71.5 Å². The van der Waals surface area contributed by atoms with Gasteiger partial charge in [-0.1, -0.05) is 53.5 Å². The van der Waals surface area contributed by atoms with E-state index in [0.29, 0.717) is 26.5 Å². The molecule has 0 unspecified atom stereocenters. The monoisotopic (exact) mass is 491 g/mol. The van der Waals surface area contributed by atoms with Crippen LogP contribution in [0.2, 0.25) is 10.0 Å². The molecule has 0 spiro atoms. The molecule has 0 saturated heterocycles. The first-order valence-corrected chi connectivity index (χ1v) is 11.3. The maximum atomic E-state index is 13.3. The Morgan fingerprint density at radius 1 is 0.941 bits per heavy atom. The molecular weight excluding hydrogens is 473 g/mol. The second kappa shape index (κ2) is 8.63. The molecule has 170 valence electrons. The van der Waals surface area contributed by atoms with Crippen LogP contribution < -0.4 is 5.56 Å². The lowest BCUT2D eigenvalue weighted by molar-refractivity contribution is -0.137. The molecule has 0 radical (unpaired) electrons. The highest BCUT2D eigenvalue weighted by atomic mass is 35.5. The number of halogens is 2. The summed E-state index contributed by atoms with van der Waals surface area (Å²) in [7, 11) is 0. The van der Waals surface area contributed by atoms with Gasteiger partial charge in [-0.2, -0.15) is 5.10 Å². The van der Waals surface area contributed by atoms with Crippen molar-refractivity contribution >= 4 is 50.8 Å². The number of carbonyl (C=O) groups is 1. The van der Waals surface area contributed by atoms with E-state index in [1.807, 2.05) is 49.4 Å². The minimum Gasteiger partial charge on any atom is -0.480 e. The molecule has 5 aromatic rings. The number of carboxylic acid groups (broad SMARTS) is 1. The van der Waals surface area contributed by atoms with Gasteiger partial charge >= 0.3 is 5.97 Å². The molecule has 3 aromatic carbocycles. The molecule has 0 fully saturated rings. The van der Waals surface area contributed by atoms with Crippen molar-refractivity contribution in [1.29, 1.82) is 0 Å². The molecule has 0 aliphatic carbocycles. The Bertz CT molecular complexity index is 1640. The zero-order valence-electron chi connectivity index (χ0n) is 18.1. The maximum absolute atomic E-state index is 13.3. The van der Waals surface area contributed by atoms with Crippen molar-refractivity contribution in [3.8, 4) is 11.3 Å². The highest BCUT2D eigenvalue weighted by Crippen LogP contribution is 2.37. The molecular formula is C26H19Cl2N3O3. The third kappa shape index (κ3) is 3.85. The number of fused-ring (bicyclic) bond motifs is 2. The SMILES string of the molecule is Cc1c(-c2nn(Cc3ccc(Cl)cc3)c(=O)c3ccccc23)c2cc(Cl)ccc2n1CC(=O)O. The summed E-state index contributed by atoms with van der Waals surface area (Å²) in [6.45, 7) is 1.92. The zero-order valence-corrected chi connectivity index (χ0v) is 19.6. The van der Waals surface area contributed by atoms with Gasteiger partial charge in [0.1, 0.15) is 12.2 Å². The van der Waals surface area contributed by atoms with E-state index < -0.39 is 5.97 Å². The Morgan fingerprint density at radius 3 is 2.32 bits per heavy atom. The lowest BCUT2D eigenvalue weighted by atomic mass is 10.0. The van der Waals surface area contributed by atoms with E-state index in [1.165, 1.54) is 4.68 Å². The number of carboxylic acids is 1. The topological polar surface area (TPSA) is 77.1 Å². The summed E-state index contributed by atoms with van der Waals surface area (Å²) < 4.78 is 3.17. The lowest BCUT2D eigenvalue weighted by Gasteiger charge is -2.12. The molecule has 0 atom stereocenters. The van der Waals surface area contributed by atoms with E-state index in [0.717, 1.165) is 27.7 Å². The predicted molar refractivity (Wildman–Crippen MR) is 135 cm³/mol. The first-order valence-electron chi connectivity index (χ1n) is 10.6. The molecule has 0 bridgehead atoms. The van der Waals surface area contributed by atoms with Gasteiger partial charge in [-0.15, -0.1) is 0 Å². The van der Waals surface area contributed by atoms with Gasteiger partial charge in [0.25, 0.3) is 5.56 Å². The van der Waals surface area contributed by atoms with E-state index in [2.05, 4.69) is 0 Å². The molecule has 5 rings (SSSR count). The first kappa shape index (κ1) is 22.2. The quantitative estimate of drug-likeness (QED) is 0.338. The van der Waals surface area contributed by atoms with Gasteiger partial charge in [0.15, 0.2) is 0 Å². The van der Waals surface area contributed by atoms with Crippen LogP contribution in [0.4, 0.5) is 0 Å². The summed E-state index contributed by atoms with van der Waals surface area (Å²) in [5.74, 6) is -0.952. The minimum absolute atomic E-state index is 0.202. The normalized spacial score (nSPS) is 11.4. The summed E-state index contributed by atoms with van der Waals surface area (Å²) in [5.41, 5.74) is 3.49. The Labute approximate surface area is 204 Å². The van der Waals surface area contributed by atoms with Crippen molar-refractivity contribution in [2.45, 2.75) is 20.0 Å². The van der Waals surface area contributed by atoms with E-state index in [9.17, 15) is 14.7 Å². The first-order chi connectivity index (χ1) is 16.3. The van der Waals surface area contributed by atoms with Crippen molar-refractivity contribution in [3.63, 3.8) is 0 Å². The number of nitrogens with zero attached hydrogens (tertiary/aromatic N) is 3. The van der Waals surface area contributed by atoms with Gasteiger partial charge in [-0.25, -0.2) is 4.68 Å². The Kier molecular flexibility index (Phi) is 5.63. The number of hydrogen-bond acceptors (Lipinski definition) is 3. The van der Waals surface area contributed by atoms with Gasteiger partial charge in [0.2, 0.25) is 0 Å². The Hall–Kier alpha value is -3.61. The average molecular weight is 492 g/mol. The fraction of sp³-hybridized carbons (Fsp3) is 0.115. The van der Waals surface area contributed by atoms with E-state index in [4.69, 9.17) is 28.3 Å². The van der Waals surface area contributed by atoms with Crippen LogP contribution in [0.1, 0.15) is 11.3 Å². The summed E-state index contributed by atoms with van der Waals surface area (Å²) >= 11 is 12.3. The van der Waals surface area contributed by atoms with Crippen LogP contribution in [0, 0.1) is 6.92 Å². The maximum Gasteiger partial charge on any atom is 0.323 e. The van der Waals surface area contributed by atoms with E-state index in [-0.39, 0.29) is 18.6 Å². The van der Waals surface area contributed by atoms with E-state index in [1.54, 1.807) is 28.8 Å². The molecule has 0 amide bonds. The van der Waals surface area contributed by atoms with Crippen molar-refractivity contribution < 1.29 is 9.90 Å². The number of aromatic nitrogens is 3. The third-order valence-electron chi connectivity index (χ3n) is 5.93. The van der Waals surface area contributed by atoms with Crippen molar-refractivity contribution in [3.05, 3.63) is 98.4 Å². The number of hydrogen-bond donors (Lipinski definition) is 1. The highest BCUT2D eigenvalue weighted by Gasteiger charge is 2.22. The zero-order chi connectivity index (χ0) is 24.0. The Morgan fingerprint density at radius 2 is 1.62 bits per heavy atom. The predicted octanol–water partition coefficient (Wildman–Crippen LogP) is 5.77. The number of benzene rings is 3. The van der Waals surface area contributed by atoms with Gasteiger partial charge in [-0.05, 0) is 48.9 Å².